The SMILES string of the molecule is O=C(CN1CCN(C(=O)CC2CCCCC2)CC1)Nc1ccc(I)cc1. The average Bonchev–Trinajstić information content (AvgIpc) is 2.65. The third kappa shape index (κ3) is 5.94. The summed E-state index contributed by atoms with van der Waals surface area (Å²) in [4.78, 5) is 28.8. The molecule has 0 unspecified atom stereocenters. The summed E-state index contributed by atoms with van der Waals surface area (Å²) in [5.41, 5.74) is 0.830. The number of carbonyl (C=O) groups is 2. The molecular weight excluding hydrogens is 441 g/mol. The van der Waals surface area contributed by atoms with E-state index in [2.05, 4.69) is 32.8 Å². The molecule has 3 rings (SSSR count). The summed E-state index contributed by atoms with van der Waals surface area (Å²) >= 11 is 2.25. The molecule has 2 aliphatic rings. The maximum absolute atomic E-state index is 12.5. The van der Waals surface area contributed by atoms with Gasteiger partial charge in [-0.15, -0.1) is 0 Å². The van der Waals surface area contributed by atoms with Crippen molar-refractivity contribution in [2.45, 2.75) is 38.5 Å². The predicted molar refractivity (Wildman–Crippen MR) is 112 cm³/mol. The van der Waals surface area contributed by atoms with Crippen molar-refractivity contribution in [2.75, 3.05) is 38.0 Å². The van der Waals surface area contributed by atoms with Gasteiger partial charge in [0.2, 0.25) is 11.8 Å². The Kier molecular flexibility index (Phi) is 7.31. The first-order valence-electron chi connectivity index (χ1n) is 9.66. The summed E-state index contributed by atoms with van der Waals surface area (Å²) in [6.07, 6.45) is 7.03. The van der Waals surface area contributed by atoms with Gasteiger partial charge in [0.15, 0.2) is 0 Å². The predicted octanol–water partition coefficient (Wildman–Crippen LogP) is 3.34. The zero-order valence-corrected chi connectivity index (χ0v) is 17.4. The Morgan fingerprint density at radius 1 is 1.00 bits per heavy atom. The van der Waals surface area contributed by atoms with Gasteiger partial charge in [-0.3, -0.25) is 14.5 Å². The fraction of sp³-hybridized carbons (Fsp3) is 0.600. The molecule has 5 nitrogen and oxygen atoms in total. The number of rotatable bonds is 5. The van der Waals surface area contributed by atoms with Crippen LogP contribution in [0.5, 0.6) is 0 Å². The number of piperazine rings is 1. The molecule has 1 saturated carbocycles. The number of hydrogen-bond acceptors (Lipinski definition) is 3. The maximum atomic E-state index is 12.5. The van der Waals surface area contributed by atoms with Crippen LogP contribution in [-0.4, -0.2) is 54.3 Å². The Labute approximate surface area is 169 Å². The molecule has 2 amide bonds. The van der Waals surface area contributed by atoms with Crippen molar-refractivity contribution < 1.29 is 9.59 Å². The quantitative estimate of drug-likeness (QED) is 0.674. The molecule has 1 aromatic rings. The molecule has 1 aliphatic carbocycles. The van der Waals surface area contributed by atoms with Crippen molar-refractivity contribution in [2.24, 2.45) is 5.92 Å². The van der Waals surface area contributed by atoms with Gasteiger partial charge in [0.05, 0.1) is 6.54 Å². The van der Waals surface area contributed by atoms with E-state index in [4.69, 9.17) is 0 Å². The van der Waals surface area contributed by atoms with Crippen LogP contribution >= 0.6 is 22.6 Å². The average molecular weight is 469 g/mol. The van der Waals surface area contributed by atoms with E-state index in [9.17, 15) is 9.59 Å². The molecule has 2 fully saturated rings. The number of anilines is 1. The Hall–Kier alpha value is -1.15. The highest BCUT2D eigenvalue weighted by atomic mass is 127. The molecule has 1 saturated heterocycles. The van der Waals surface area contributed by atoms with Gasteiger partial charge < -0.3 is 10.2 Å². The normalized spacial score (nSPS) is 19.3. The van der Waals surface area contributed by atoms with Gasteiger partial charge >= 0.3 is 0 Å². The number of hydrogen-bond donors (Lipinski definition) is 1. The molecule has 0 spiro atoms. The lowest BCUT2D eigenvalue weighted by Crippen LogP contribution is -2.50. The number of carbonyl (C=O) groups excluding carboxylic acids is 2. The van der Waals surface area contributed by atoms with E-state index in [0.717, 1.165) is 35.4 Å². The fourth-order valence-electron chi connectivity index (χ4n) is 3.86. The lowest BCUT2D eigenvalue weighted by Gasteiger charge is -2.35. The smallest absolute Gasteiger partial charge is 0.238 e. The summed E-state index contributed by atoms with van der Waals surface area (Å²) in [6.45, 7) is 3.41. The van der Waals surface area contributed by atoms with E-state index < -0.39 is 0 Å². The zero-order valence-electron chi connectivity index (χ0n) is 15.3. The molecule has 0 aromatic heterocycles. The van der Waals surface area contributed by atoms with Crippen molar-refractivity contribution in [3.63, 3.8) is 0 Å². The van der Waals surface area contributed by atoms with E-state index in [-0.39, 0.29) is 5.91 Å². The van der Waals surface area contributed by atoms with Crippen LogP contribution in [0.2, 0.25) is 0 Å². The number of nitrogens with zero attached hydrogens (tertiary/aromatic N) is 2. The topological polar surface area (TPSA) is 52.7 Å². The van der Waals surface area contributed by atoms with Gasteiger partial charge in [0.1, 0.15) is 0 Å². The molecule has 0 atom stereocenters. The van der Waals surface area contributed by atoms with Crippen LogP contribution in [0.4, 0.5) is 5.69 Å². The molecule has 1 aliphatic heterocycles. The summed E-state index contributed by atoms with van der Waals surface area (Å²) in [7, 11) is 0. The third-order valence-electron chi connectivity index (χ3n) is 5.41. The van der Waals surface area contributed by atoms with Crippen LogP contribution in [0, 0.1) is 9.49 Å². The van der Waals surface area contributed by atoms with Gasteiger partial charge in [-0.1, -0.05) is 19.3 Å². The van der Waals surface area contributed by atoms with Gasteiger partial charge in [-0.2, -0.15) is 0 Å². The van der Waals surface area contributed by atoms with Crippen molar-refractivity contribution >= 4 is 40.1 Å². The Bertz CT molecular complexity index is 606. The second-order valence-corrected chi connectivity index (χ2v) is 8.67. The van der Waals surface area contributed by atoms with Gasteiger partial charge in [-0.25, -0.2) is 0 Å². The molecule has 0 bridgehead atoms. The Morgan fingerprint density at radius 2 is 1.65 bits per heavy atom. The molecule has 1 N–H and O–H groups in total. The van der Waals surface area contributed by atoms with Crippen LogP contribution in [-0.2, 0) is 9.59 Å². The second kappa shape index (κ2) is 9.69. The van der Waals surface area contributed by atoms with Crippen LogP contribution in [0.25, 0.3) is 0 Å². The number of nitrogens with one attached hydrogen (secondary N) is 1. The fourth-order valence-corrected chi connectivity index (χ4v) is 4.22. The van der Waals surface area contributed by atoms with Gasteiger partial charge in [0, 0.05) is 41.9 Å². The third-order valence-corrected chi connectivity index (χ3v) is 6.13. The van der Waals surface area contributed by atoms with Crippen molar-refractivity contribution in [1.29, 1.82) is 0 Å². The molecule has 26 heavy (non-hydrogen) atoms. The minimum Gasteiger partial charge on any atom is -0.340 e. The van der Waals surface area contributed by atoms with Gasteiger partial charge in [0.25, 0.3) is 0 Å². The summed E-state index contributed by atoms with van der Waals surface area (Å²) < 4.78 is 1.15. The van der Waals surface area contributed by atoms with Crippen LogP contribution < -0.4 is 5.32 Å². The van der Waals surface area contributed by atoms with Crippen LogP contribution in [0.1, 0.15) is 38.5 Å². The zero-order chi connectivity index (χ0) is 18.4. The van der Waals surface area contributed by atoms with E-state index >= 15 is 0 Å². The summed E-state index contributed by atoms with van der Waals surface area (Å²) in [6, 6.07) is 7.79. The largest absolute Gasteiger partial charge is 0.340 e. The van der Waals surface area contributed by atoms with Crippen molar-refractivity contribution in [3.05, 3.63) is 27.8 Å². The number of benzene rings is 1. The monoisotopic (exact) mass is 469 g/mol. The maximum Gasteiger partial charge on any atom is 0.238 e. The molecule has 142 valence electrons. The molecule has 1 heterocycles. The molecular formula is C20H28IN3O2. The highest BCUT2D eigenvalue weighted by Gasteiger charge is 2.25. The first-order chi connectivity index (χ1) is 12.6. The highest BCUT2D eigenvalue weighted by Crippen LogP contribution is 2.27. The van der Waals surface area contributed by atoms with E-state index in [1.807, 2.05) is 29.2 Å². The Balaban J connectivity index is 1.38. The van der Waals surface area contributed by atoms with E-state index in [1.165, 1.54) is 32.1 Å². The van der Waals surface area contributed by atoms with Gasteiger partial charge in [-0.05, 0) is 65.6 Å². The molecule has 1 aromatic carbocycles. The lowest BCUT2D eigenvalue weighted by molar-refractivity contribution is -0.134. The molecule has 6 heteroatoms. The van der Waals surface area contributed by atoms with Crippen molar-refractivity contribution in [1.82, 2.24) is 9.80 Å². The standard InChI is InChI=1S/C20H28IN3O2/c21-17-6-8-18(9-7-17)22-19(25)15-23-10-12-24(13-11-23)20(26)14-16-4-2-1-3-5-16/h6-9,16H,1-5,10-15H2,(H,22,25). The number of amides is 2. The van der Waals surface area contributed by atoms with Crippen LogP contribution in [0.3, 0.4) is 0 Å². The van der Waals surface area contributed by atoms with E-state index in [0.29, 0.717) is 24.8 Å². The lowest BCUT2D eigenvalue weighted by atomic mass is 9.86. The highest BCUT2D eigenvalue weighted by molar-refractivity contribution is 14.1. The number of halogens is 1. The minimum atomic E-state index is 0.00758. The molecule has 0 radical (unpaired) electrons. The second-order valence-electron chi connectivity index (χ2n) is 7.42. The van der Waals surface area contributed by atoms with Crippen molar-refractivity contribution in [3.8, 4) is 0 Å². The van der Waals surface area contributed by atoms with Crippen LogP contribution in [0.15, 0.2) is 24.3 Å². The first kappa shape index (κ1) is 19.6. The summed E-state index contributed by atoms with van der Waals surface area (Å²) in [5, 5.41) is 2.94. The Morgan fingerprint density at radius 3 is 2.31 bits per heavy atom. The minimum absolute atomic E-state index is 0.00758. The first-order valence-corrected chi connectivity index (χ1v) is 10.7. The van der Waals surface area contributed by atoms with E-state index in [1.54, 1.807) is 0 Å². The summed E-state index contributed by atoms with van der Waals surface area (Å²) in [5.74, 6) is 0.905.